The third kappa shape index (κ3) is 4.73. The summed E-state index contributed by atoms with van der Waals surface area (Å²) in [7, 11) is -1.88. The van der Waals surface area contributed by atoms with Gasteiger partial charge >= 0.3 is 0 Å². The lowest BCUT2D eigenvalue weighted by atomic mass is 10.1. The molecule has 0 bridgehead atoms. The van der Waals surface area contributed by atoms with E-state index in [1.54, 1.807) is 31.4 Å². The number of benzene rings is 2. The minimum absolute atomic E-state index is 0.241. The van der Waals surface area contributed by atoms with Gasteiger partial charge in [-0.3, -0.25) is 9.52 Å². The predicted molar refractivity (Wildman–Crippen MR) is 93.8 cm³/mol. The Labute approximate surface area is 141 Å². The van der Waals surface area contributed by atoms with Gasteiger partial charge in [0.05, 0.1) is 30.7 Å². The van der Waals surface area contributed by atoms with E-state index in [1.165, 1.54) is 0 Å². The quantitative estimate of drug-likeness (QED) is 0.840. The molecule has 0 aliphatic rings. The minimum atomic E-state index is -3.47. The third-order valence-electron chi connectivity index (χ3n) is 3.43. The number of rotatable bonds is 6. The van der Waals surface area contributed by atoms with Crippen LogP contribution in [0.15, 0.2) is 48.5 Å². The maximum atomic E-state index is 12.5. The first-order valence-electron chi connectivity index (χ1n) is 7.32. The normalized spacial score (nSPS) is 12.3. The fraction of sp³-hybridized carbons (Fsp3) is 0.235. The molecule has 0 unspecified atom stereocenters. The van der Waals surface area contributed by atoms with Gasteiger partial charge in [-0.1, -0.05) is 24.3 Å². The minimum Gasteiger partial charge on any atom is -0.497 e. The SMILES string of the molecule is COc1ccc([C@@H](C)NC(=O)c2ccccc2NS(C)(=O)=O)cc1. The standard InChI is InChI=1S/C17H20N2O4S/c1-12(13-8-10-14(23-2)11-9-13)18-17(20)15-6-4-5-7-16(15)19-24(3,21)22/h4-12,19H,1-3H3,(H,18,20)/t12-/m1/s1. The Balaban J connectivity index is 2.17. The van der Waals surface area contributed by atoms with Crippen molar-refractivity contribution in [3.8, 4) is 5.75 Å². The Hall–Kier alpha value is -2.54. The van der Waals surface area contributed by atoms with Crippen molar-refractivity contribution >= 4 is 21.6 Å². The van der Waals surface area contributed by atoms with Crippen LogP contribution in [0.25, 0.3) is 0 Å². The highest BCUT2D eigenvalue weighted by molar-refractivity contribution is 7.92. The average Bonchev–Trinajstić information content (AvgIpc) is 2.53. The predicted octanol–water partition coefficient (Wildman–Crippen LogP) is 2.56. The second-order valence-corrected chi connectivity index (χ2v) is 7.14. The van der Waals surface area contributed by atoms with Crippen LogP contribution in [0, 0.1) is 0 Å². The molecule has 128 valence electrons. The fourth-order valence-corrected chi connectivity index (χ4v) is 2.80. The summed E-state index contributed by atoms with van der Waals surface area (Å²) in [6.07, 6.45) is 1.04. The second kappa shape index (κ2) is 7.35. The summed E-state index contributed by atoms with van der Waals surface area (Å²) in [5, 5.41) is 2.86. The van der Waals surface area contributed by atoms with Crippen LogP contribution in [0.5, 0.6) is 5.75 Å². The molecule has 0 aliphatic heterocycles. The van der Waals surface area contributed by atoms with Crippen molar-refractivity contribution in [2.75, 3.05) is 18.1 Å². The number of ether oxygens (including phenoxy) is 1. The van der Waals surface area contributed by atoms with Crippen LogP contribution < -0.4 is 14.8 Å². The van der Waals surface area contributed by atoms with E-state index in [-0.39, 0.29) is 23.2 Å². The number of anilines is 1. The van der Waals surface area contributed by atoms with E-state index in [0.717, 1.165) is 17.6 Å². The number of amides is 1. The van der Waals surface area contributed by atoms with Gasteiger partial charge in [-0.05, 0) is 36.8 Å². The van der Waals surface area contributed by atoms with Gasteiger partial charge in [0.1, 0.15) is 5.75 Å². The molecule has 0 fully saturated rings. The molecule has 2 aromatic rings. The number of nitrogens with one attached hydrogen (secondary N) is 2. The molecule has 1 atom stereocenters. The summed E-state index contributed by atoms with van der Waals surface area (Å²) >= 11 is 0. The topological polar surface area (TPSA) is 84.5 Å². The van der Waals surface area contributed by atoms with Crippen molar-refractivity contribution in [3.63, 3.8) is 0 Å². The molecule has 0 radical (unpaired) electrons. The first kappa shape index (κ1) is 17.8. The van der Waals surface area contributed by atoms with Crippen LogP contribution in [-0.4, -0.2) is 27.7 Å². The Bertz CT molecular complexity index is 817. The van der Waals surface area contributed by atoms with Crippen LogP contribution in [0.1, 0.15) is 28.9 Å². The molecule has 0 saturated heterocycles. The van der Waals surface area contributed by atoms with E-state index in [9.17, 15) is 13.2 Å². The highest BCUT2D eigenvalue weighted by atomic mass is 32.2. The molecular formula is C17H20N2O4S. The van der Waals surface area contributed by atoms with Gasteiger partial charge in [0, 0.05) is 0 Å². The van der Waals surface area contributed by atoms with E-state index in [1.807, 2.05) is 31.2 Å². The van der Waals surface area contributed by atoms with E-state index in [2.05, 4.69) is 10.0 Å². The number of para-hydroxylation sites is 1. The van der Waals surface area contributed by atoms with Crippen LogP contribution in [0.4, 0.5) is 5.69 Å². The number of methoxy groups -OCH3 is 1. The van der Waals surface area contributed by atoms with Crippen LogP contribution in [0.3, 0.4) is 0 Å². The Morgan fingerprint density at radius 2 is 1.71 bits per heavy atom. The zero-order valence-electron chi connectivity index (χ0n) is 13.7. The zero-order valence-corrected chi connectivity index (χ0v) is 14.6. The highest BCUT2D eigenvalue weighted by Gasteiger charge is 2.16. The monoisotopic (exact) mass is 348 g/mol. The summed E-state index contributed by atoms with van der Waals surface area (Å²) in [5.74, 6) is 0.380. The number of sulfonamides is 1. The first-order valence-corrected chi connectivity index (χ1v) is 9.21. The van der Waals surface area contributed by atoms with Gasteiger partial charge in [-0.15, -0.1) is 0 Å². The van der Waals surface area contributed by atoms with Gasteiger partial charge in [0.15, 0.2) is 0 Å². The molecule has 0 aliphatic carbocycles. The molecule has 6 nitrogen and oxygen atoms in total. The maximum absolute atomic E-state index is 12.5. The lowest BCUT2D eigenvalue weighted by molar-refractivity contribution is 0.0941. The lowest BCUT2D eigenvalue weighted by Gasteiger charge is -2.16. The molecule has 2 aromatic carbocycles. The number of hydrogen-bond acceptors (Lipinski definition) is 4. The second-order valence-electron chi connectivity index (χ2n) is 5.39. The van der Waals surface area contributed by atoms with Crippen molar-refractivity contribution in [1.29, 1.82) is 0 Å². The van der Waals surface area contributed by atoms with Gasteiger partial charge in [0.25, 0.3) is 5.91 Å². The molecule has 24 heavy (non-hydrogen) atoms. The van der Waals surface area contributed by atoms with Gasteiger partial charge in [0.2, 0.25) is 10.0 Å². The van der Waals surface area contributed by atoms with Gasteiger partial charge in [-0.2, -0.15) is 0 Å². The van der Waals surface area contributed by atoms with Gasteiger partial charge < -0.3 is 10.1 Å². The molecule has 7 heteroatoms. The summed E-state index contributed by atoms with van der Waals surface area (Å²) in [5.41, 5.74) is 1.43. The fourth-order valence-electron chi connectivity index (χ4n) is 2.22. The van der Waals surface area contributed by atoms with E-state index >= 15 is 0 Å². The molecule has 0 saturated carbocycles. The molecular weight excluding hydrogens is 328 g/mol. The van der Waals surface area contributed by atoms with Crippen molar-refractivity contribution in [1.82, 2.24) is 5.32 Å². The van der Waals surface area contributed by atoms with Crippen LogP contribution >= 0.6 is 0 Å². The van der Waals surface area contributed by atoms with Gasteiger partial charge in [-0.25, -0.2) is 8.42 Å². The average molecular weight is 348 g/mol. The molecule has 2 N–H and O–H groups in total. The molecule has 1 amide bonds. The number of carbonyl (C=O) groups excluding carboxylic acids is 1. The van der Waals surface area contributed by atoms with E-state index in [4.69, 9.17) is 4.74 Å². The molecule has 0 heterocycles. The third-order valence-corrected chi connectivity index (χ3v) is 4.02. The van der Waals surface area contributed by atoms with E-state index < -0.39 is 10.0 Å². The highest BCUT2D eigenvalue weighted by Crippen LogP contribution is 2.20. The molecule has 0 aromatic heterocycles. The lowest BCUT2D eigenvalue weighted by Crippen LogP contribution is -2.27. The number of hydrogen-bond donors (Lipinski definition) is 2. The van der Waals surface area contributed by atoms with Crippen molar-refractivity contribution in [3.05, 3.63) is 59.7 Å². The molecule has 0 spiro atoms. The largest absolute Gasteiger partial charge is 0.497 e. The molecule has 2 rings (SSSR count). The van der Waals surface area contributed by atoms with Crippen molar-refractivity contribution in [2.24, 2.45) is 0 Å². The van der Waals surface area contributed by atoms with Crippen LogP contribution in [-0.2, 0) is 10.0 Å². The first-order chi connectivity index (χ1) is 11.3. The Morgan fingerprint density at radius 1 is 1.08 bits per heavy atom. The summed E-state index contributed by atoms with van der Waals surface area (Å²) in [6.45, 7) is 1.85. The summed E-state index contributed by atoms with van der Waals surface area (Å²) in [4.78, 5) is 12.5. The zero-order chi connectivity index (χ0) is 17.7. The van der Waals surface area contributed by atoms with E-state index in [0.29, 0.717) is 0 Å². The van der Waals surface area contributed by atoms with Crippen molar-refractivity contribution < 1.29 is 17.9 Å². The summed E-state index contributed by atoms with van der Waals surface area (Å²) in [6, 6.07) is 13.6. The summed E-state index contributed by atoms with van der Waals surface area (Å²) < 4.78 is 30.3. The maximum Gasteiger partial charge on any atom is 0.253 e. The van der Waals surface area contributed by atoms with Crippen LogP contribution in [0.2, 0.25) is 0 Å². The Morgan fingerprint density at radius 3 is 2.29 bits per heavy atom. The Kier molecular flexibility index (Phi) is 5.46. The number of carbonyl (C=O) groups is 1. The smallest absolute Gasteiger partial charge is 0.253 e. The van der Waals surface area contributed by atoms with Crippen molar-refractivity contribution in [2.45, 2.75) is 13.0 Å².